The topological polar surface area (TPSA) is 109 Å². The highest BCUT2D eigenvalue weighted by Gasteiger charge is 2.33. The third kappa shape index (κ3) is 2.65. The van der Waals surface area contributed by atoms with E-state index in [0.717, 1.165) is 10.9 Å². The predicted molar refractivity (Wildman–Crippen MR) is 101 cm³/mol. The van der Waals surface area contributed by atoms with E-state index < -0.39 is 10.2 Å². The van der Waals surface area contributed by atoms with Crippen LogP contribution in [0.3, 0.4) is 0 Å². The van der Waals surface area contributed by atoms with Gasteiger partial charge in [-0.2, -0.15) is 4.52 Å². The molecule has 0 aliphatic carbocycles. The molecule has 0 N–H and O–H groups in total. The molecule has 1 unspecified atom stereocenters. The molecule has 1 atom stereocenters. The molecule has 0 amide bonds. The molecular weight excluding hydrogens is 380 g/mol. The van der Waals surface area contributed by atoms with Crippen LogP contribution in [0.4, 0.5) is 5.82 Å². The van der Waals surface area contributed by atoms with Crippen molar-refractivity contribution in [2.45, 2.75) is 9.92 Å². The molecule has 0 saturated carbocycles. The number of pyridine rings is 1. The highest BCUT2D eigenvalue weighted by Crippen LogP contribution is 2.31. The average molecular weight is 396 g/mol. The van der Waals surface area contributed by atoms with Crippen LogP contribution in [0.5, 0.6) is 0 Å². The normalized spacial score (nSPS) is 17.1. The first-order valence-electron chi connectivity index (χ1n) is 8.78. The second kappa shape index (κ2) is 6.59. The van der Waals surface area contributed by atoms with E-state index in [0.29, 0.717) is 32.1 Å². The maximum atomic E-state index is 13.1. The number of rotatable bonds is 3. The van der Waals surface area contributed by atoms with Crippen LogP contribution in [0.25, 0.3) is 16.6 Å². The molecule has 1 fully saturated rings. The molecule has 1 aromatic carbocycles. The number of hydrogen-bond donors (Lipinski definition) is 0. The summed E-state index contributed by atoms with van der Waals surface area (Å²) in [6.07, 6.45) is 2.81. The summed E-state index contributed by atoms with van der Waals surface area (Å²) in [5, 5.41) is 8.76. The maximum Gasteiger partial charge on any atom is 0.318 e. The van der Waals surface area contributed by atoms with Crippen LogP contribution in [0.2, 0.25) is 0 Å². The Balaban J connectivity index is 1.77. The number of morpholine rings is 1. The standard InChI is InChI=1S/C18H16N6O3S/c25-28(26,13-4-3-7-19-12-13)18-17-20-16(23-8-10-27-11-9-23)14-5-1-2-6-15(14)24(17)22-21-18/h1-7,12H,8-11H2. The molecular formula is C18H16N6O3S. The number of para-hydroxylation sites is 1. The number of sulfone groups is 1. The zero-order valence-electron chi connectivity index (χ0n) is 14.8. The number of anilines is 1. The van der Waals surface area contributed by atoms with E-state index in [4.69, 9.17) is 4.74 Å². The zero-order chi connectivity index (χ0) is 19.1. The van der Waals surface area contributed by atoms with Crippen LogP contribution in [-0.2, 0) is 19.2 Å². The zero-order valence-corrected chi connectivity index (χ0v) is 15.6. The van der Waals surface area contributed by atoms with E-state index in [1.165, 1.54) is 23.0 Å². The Labute approximate surface area is 161 Å². The number of ether oxygens (including phenoxy) is 1. The molecule has 4 aromatic rings. The minimum Gasteiger partial charge on any atom is -0.604 e. The van der Waals surface area contributed by atoms with E-state index in [2.05, 4.69) is 25.2 Å². The van der Waals surface area contributed by atoms with Crippen LogP contribution >= 0.6 is 0 Å². The molecule has 9 nitrogen and oxygen atoms in total. The predicted octanol–water partition coefficient (Wildman–Crippen LogP) is 1.56. The van der Waals surface area contributed by atoms with Crippen molar-refractivity contribution in [3.05, 3.63) is 48.8 Å². The number of fused-ring (bicyclic) bond motifs is 3. The average Bonchev–Trinajstić information content (AvgIpc) is 3.19. The van der Waals surface area contributed by atoms with E-state index >= 15 is 0 Å². The molecule has 1 aliphatic rings. The van der Waals surface area contributed by atoms with Gasteiger partial charge in [0.1, 0.15) is 16.0 Å². The summed E-state index contributed by atoms with van der Waals surface area (Å²) >= 11 is 0. The lowest BCUT2D eigenvalue weighted by Gasteiger charge is -2.28. The first-order valence-corrected chi connectivity index (χ1v) is 10.3. The van der Waals surface area contributed by atoms with Crippen molar-refractivity contribution in [2.24, 2.45) is 0 Å². The summed E-state index contributed by atoms with van der Waals surface area (Å²) in [6, 6.07) is 10.7. The number of benzene rings is 1. The van der Waals surface area contributed by atoms with Crippen molar-refractivity contribution in [2.75, 3.05) is 31.2 Å². The Morgan fingerprint density at radius 2 is 1.93 bits per heavy atom. The SMILES string of the molecule is O=[S+]([O-])(c1cccnc1)c1nnn2c1nc(N1CCOCC1)c1ccccc12. The molecule has 142 valence electrons. The largest absolute Gasteiger partial charge is 0.604 e. The Bertz CT molecular complexity index is 1210. The van der Waals surface area contributed by atoms with Crippen LogP contribution in [-0.4, -0.2) is 55.7 Å². The van der Waals surface area contributed by atoms with Gasteiger partial charge in [-0.15, -0.1) is 0 Å². The molecule has 0 spiro atoms. The second-order valence-corrected chi connectivity index (χ2v) is 8.24. The fourth-order valence-electron chi connectivity index (χ4n) is 3.34. The Morgan fingerprint density at radius 3 is 2.71 bits per heavy atom. The first-order chi connectivity index (χ1) is 13.7. The number of hydrogen-bond acceptors (Lipinski definition) is 8. The maximum absolute atomic E-state index is 13.1. The van der Waals surface area contributed by atoms with Crippen molar-refractivity contribution in [1.82, 2.24) is 24.8 Å². The van der Waals surface area contributed by atoms with E-state index in [9.17, 15) is 8.76 Å². The molecule has 3 aromatic heterocycles. The van der Waals surface area contributed by atoms with Gasteiger partial charge < -0.3 is 14.2 Å². The Kier molecular flexibility index (Phi) is 4.04. The summed E-state index contributed by atoms with van der Waals surface area (Å²) in [6.45, 7) is 2.55. The fraction of sp³-hybridized carbons (Fsp3) is 0.222. The van der Waals surface area contributed by atoms with Crippen molar-refractivity contribution in [3.63, 3.8) is 0 Å². The summed E-state index contributed by atoms with van der Waals surface area (Å²) in [5.74, 6) is 0.705. The lowest BCUT2D eigenvalue weighted by Crippen LogP contribution is -2.37. The van der Waals surface area contributed by atoms with Gasteiger partial charge in [-0.25, -0.2) is 4.98 Å². The summed E-state index contributed by atoms with van der Waals surface area (Å²) in [7, 11) is -3.90. The van der Waals surface area contributed by atoms with E-state index in [-0.39, 0.29) is 15.6 Å². The minimum absolute atomic E-state index is 0.0558. The van der Waals surface area contributed by atoms with E-state index in [1.807, 2.05) is 24.3 Å². The molecule has 0 radical (unpaired) electrons. The van der Waals surface area contributed by atoms with Crippen molar-refractivity contribution in [3.8, 4) is 0 Å². The summed E-state index contributed by atoms with van der Waals surface area (Å²) in [4.78, 5) is 10.7. The van der Waals surface area contributed by atoms with Crippen LogP contribution < -0.4 is 4.90 Å². The Morgan fingerprint density at radius 1 is 1.11 bits per heavy atom. The lowest BCUT2D eigenvalue weighted by molar-refractivity contribution is 0.122. The molecule has 1 aliphatic heterocycles. The molecule has 5 rings (SSSR count). The van der Waals surface area contributed by atoms with Gasteiger partial charge >= 0.3 is 5.03 Å². The van der Waals surface area contributed by atoms with Gasteiger partial charge in [0.25, 0.3) is 0 Å². The van der Waals surface area contributed by atoms with Gasteiger partial charge in [-0.05, 0) is 24.3 Å². The van der Waals surface area contributed by atoms with Crippen molar-refractivity contribution in [1.29, 1.82) is 0 Å². The highest BCUT2D eigenvalue weighted by atomic mass is 32.3. The third-order valence-electron chi connectivity index (χ3n) is 4.71. The minimum atomic E-state index is -3.90. The van der Waals surface area contributed by atoms with Gasteiger partial charge in [0, 0.05) is 24.7 Å². The molecule has 1 saturated heterocycles. The fourth-order valence-corrected chi connectivity index (χ4v) is 4.53. The summed E-state index contributed by atoms with van der Waals surface area (Å²) < 4.78 is 33.1. The van der Waals surface area contributed by atoms with Gasteiger partial charge in [0.05, 0.1) is 24.9 Å². The summed E-state index contributed by atoms with van der Waals surface area (Å²) in [5.41, 5.74) is 0.943. The monoisotopic (exact) mass is 396 g/mol. The molecule has 0 bridgehead atoms. The first kappa shape index (κ1) is 17.2. The molecule has 10 heteroatoms. The highest BCUT2D eigenvalue weighted by molar-refractivity contribution is 7.97. The van der Waals surface area contributed by atoms with Crippen LogP contribution in [0, 0.1) is 0 Å². The third-order valence-corrected chi connectivity index (χ3v) is 6.35. The molecule has 4 heterocycles. The Hall–Kier alpha value is -2.95. The van der Waals surface area contributed by atoms with Gasteiger partial charge in [0.2, 0.25) is 5.65 Å². The molecule has 28 heavy (non-hydrogen) atoms. The number of nitrogens with zero attached hydrogens (tertiary/aromatic N) is 6. The van der Waals surface area contributed by atoms with E-state index in [1.54, 1.807) is 6.07 Å². The van der Waals surface area contributed by atoms with Gasteiger partial charge in [-0.1, -0.05) is 26.7 Å². The second-order valence-electron chi connectivity index (χ2n) is 6.37. The lowest BCUT2D eigenvalue weighted by atomic mass is 10.2. The van der Waals surface area contributed by atoms with Crippen LogP contribution in [0.1, 0.15) is 0 Å². The van der Waals surface area contributed by atoms with Crippen molar-refractivity contribution >= 4 is 32.6 Å². The van der Waals surface area contributed by atoms with Gasteiger partial charge in [0.15, 0.2) is 4.90 Å². The van der Waals surface area contributed by atoms with Gasteiger partial charge in [-0.3, -0.25) is 4.98 Å². The van der Waals surface area contributed by atoms with Crippen LogP contribution in [0.15, 0.2) is 58.7 Å². The quantitative estimate of drug-likeness (QED) is 0.480. The number of aromatic nitrogens is 5. The van der Waals surface area contributed by atoms with Crippen molar-refractivity contribution < 1.29 is 13.5 Å². The smallest absolute Gasteiger partial charge is 0.318 e.